The second kappa shape index (κ2) is 5.41. The van der Waals surface area contributed by atoms with Gasteiger partial charge in [0.15, 0.2) is 11.2 Å². The van der Waals surface area contributed by atoms with Gasteiger partial charge in [-0.3, -0.25) is 0 Å². The molecule has 0 aliphatic carbocycles. The van der Waals surface area contributed by atoms with Gasteiger partial charge in [0, 0.05) is 23.9 Å². The van der Waals surface area contributed by atoms with Crippen molar-refractivity contribution in [2.24, 2.45) is 0 Å². The van der Waals surface area contributed by atoms with E-state index in [0.29, 0.717) is 11.3 Å². The van der Waals surface area contributed by atoms with Crippen LogP contribution in [0.1, 0.15) is 22.8 Å². The first-order valence-electron chi connectivity index (χ1n) is 6.23. The molecule has 7 nitrogen and oxygen atoms in total. The van der Waals surface area contributed by atoms with Crippen molar-refractivity contribution in [1.29, 1.82) is 0 Å². The summed E-state index contributed by atoms with van der Waals surface area (Å²) in [5, 5.41) is 7.21. The number of fused-ring (bicyclic) bond motifs is 1. The third-order valence-corrected chi connectivity index (χ3v) is 3.74. The molecule has 11 heteroatoms. The summed E-state index contributed by atoms with van der Waals surface area (Å²) in [5.41, 5.74) is 6.61. The summed E-state index contributed by atoms with van der Waals surface area (Å²) in [7, 11) is 0. The Morgan fingerprint density at radius 3 is 2.70 bits per heavy atom. The quantitative estimate of drug-likeness (QED) is 0.719. The number of pyridine rings is 1. The molecule has 0 spiro atoms. The van der Waals surface area contributed by atoms with E-state index in [9.17, 15) is 13.2 Å². The Morgan fingerprint density at radius 1 is 1.26 bits per heavy atom. The number of aryl methyl sites for hydroxylation is 1. The molecule has 0 atom stereocenters. The second-order valence-corrected chi connectivity index (χ2v) is 5.54. The van der Waals surface area contributed by atoms with E-state index in [1.54, 1.807) is 6.92 Å². The van der Waals surface area contributed by atoms with Crippen LogP contribution in [0, 0.1) is 6.92 Å². The Hall–Kier alpha value is -2.30. The van der Waals surface area contributed by atoms with Gasteiger partial charge in [0.05, 0.1) is 10.2 Å². The Morgan fingerprint density at radius 2 is 2.00 bits per heavy atom. The van der Waals surface area contributed by atoms with Crippen molar-refractivity contribution < 1.29 is 17.8 Å². The lowest BCUT2D eigenvalue weighted by Crippen LogP contribution is -2.13. The van der Waals surface area contributed by atoms with Crippen LogP contribution in [0.3, 0.4) is 0 Å². The Kier molecular flexibility index (Phi) is 3.66. The molecule has 3 heterocycles. The second-order valence-electron chi connectivity index (χ2n) is 4.68. The Bertz CT molecular complexity index is 894. The zero-order chi connectivity index (χ0) is 16.8. The molecule has 0 unspecified atom stereocenters. The molecular weight excluding hydrogens is 381 g/mol. The molecule has 0 saturated heterocycles. The molecule has 0 radical (unpaired) electrons. The molecule has 3 rings (SSSR count). The molecule has 0 aliphatic rings. The number of hydrogen-bond donors (Lipinski definition) is 1. The summed E-state index contributed by atoms with van der Waals surface area (Å²) >= 11 is 2.80. The maximum Gasteiger partial charge on any atom is 0.434 e. The van der Waals surface area contributed by atoms with Gasteiger partial charge in [0.1, 0.15) is 5.82 Å². The van der Waals surface area contributed by atoms with Crippen LogP contribution in [0.25, 0.3) is 11.2 Å². The van der Waals surface area contributed by atoms with E-state index in [-0.39, 0.29) is 33.6 Å². The monoisotopic (exact) mass is 388 g/mol. The van der Waals surface area contributed by atoms with Crippen LogP contribution in [-0.4, -0.2) is 25.3 Å². The fourth-order valence-electron chi connectivity index (χ4n) is 2.06. The molecule has 120 valence electrons. The highest BCUT2D eigenvalue weighted by Gasteiger charge is 2.35. The van der Waals surface area contributed by atoms with Crippen LogP contribution in [0.5, 0.6) is 0 Å². The third kappa shape index (κ3) is 2.83. The molecule has 0 fully saturated rings. The minimum absolute atomic E-state index is 0.0240. The largest absolute Gasteiger partial charge is 0.434 e. The highest BCUT2D eigenvalue weighted by atomic mass is 79.9. The third-order valence-electron chi connectivity index (χ3n) is 3.16. The molecule has 3 aromatic rings. The molecule has 0 amide bonds. The Labute approximate surface area is 135 Å². The van der Waals surface area contributed by atoms with E-state index in [4.69, 9.17) is 5.73 Å². The SMILES string of the molecule is Cc1nc2nonc2c(N)c1Cc1ncc(Br)c(C(F)(F)F)n1. The van der Waals surface area contributed by atoms with E-state index in [2.05, 4.69) is 45.8 Å². The maximum atomic E-state index is 12.9. The lowest BCUT2D eigenvalue weighted by atomic mass is 10.1. The molecule has 3 aromatic heterocycles. The van der Waals surface area contributed by atoms with Crippen LogP contribution in [0.15, 0.2) is 15.3 Å². The fourth-order valence-corrected chi connectivity index (χ4v) is 2.48. The molecular formula is C12H8BrF3N6O. The Balaban J connectivity index is 2.06. The van der Waals surface area contributed by atoms with Crippen molar-refractivity contribution in [1.82, 2.24) is 25.3 Å². The topological polar surface area (TPSA) is 104 Å². The van der Waals surface area contributed by atoms with Gasteiger partial charge in [-0.2, -0.15) is 13.2 Å². The average Bonchev–Trinajstić information content (AvgIpc) is 2.92. The standard InChI is InChI=1S/C12H8BrF3N6O/c1-4-5(8(17)9-11(19-4)22-23-21-9)2-7-18-3-6(13)10(20-7)12(14,15)16/h3H,2,17H2,1H3. The van der Waals surface area contributed by atoms with E-state index in [1.165, 1.54) is 0 Å². The molecule has 0 saturated carbocycles. The summed E-state index contributed by atoms with van der Waals surface area (Å²) in [6.45, 7) is 1.66. The van der Waals surface area contributed by atoms with Gasteiger partial charge >= 0.3 is 6.18 Å². The van der Waals surface area contributed by atoms with Gasteiger partial charge in [-0.05, 0) is 33.2 Å². The summed E-state index contributed by atoms with van der Waals surface area (Å²) in [6.07, 6.45) is -3.56. The minimum atomic E-state index is -4.59. The summed E-state index contributed by atoms with van der Waals surface area (Å²) in [6, 6.07) is 0. The predicted octanol–water partition coefficient (Wildman–Crippen LogP) is 2.67. The number of nitrogens with zero attached hydrogens (tertiary/aromatic N) is 5. The number of halogens is 4. The van der Waals surface area contributed by atoms with E-state index < -0.39 is 11.9 Å². The maximum absolute atomic E-state index is 12.9. The normalized spacial score (nSPS) is 12.0. The first-order valence-corrected chi connectivity index (χ1v) is 7.02. The van der Waals surface area contributed by atoms with Crippen LogP contribution >= 0.6 is 15.9 Å². The molecule has 2 N–H and O–H groups in total. The lowest BCUT2D eigenvalue weighted by molar-refractivity contribution is -0.142. The summed E-state index contributed by atoms with van der Waals surface area (Å²) < 4.78 is 43.0. The van der Waals surface area contributed by atoms with Gasteiger partial charge < -0.3 is 5.73 Å². The number of anilines is 1. The zero-order valence-corrected chi connectivity index (χ0v) is 13.1. The van der Waals surface area contributed by atoms with Crippen LogP contribution in [0.4, 0.5) is 18.9 Å². The van der Waals surface area contributed by atoms with Crippen molar-refractivity contribution in [2.75, 3.05) is 5.73 Å². The molecule has 0 aliphatic heterocycles. The number of aromatic nitrogens is 5. The molecule has 0 aromatic carbocycles. The number of hydrogen-bond acceptors (Lipinski definition) is 7. The highest BCUT2D eigenvalue weighted by Crippen LogP contribution is 2.33. The summed E-state index contributed by atoms with van der Waals surface area (Å²) in [5.74, 6) is -0.0343. The van der Waals surface area contributed by atoms with Crippen LogP contribution < -0.4 is 5.73 Å². The van der Waals surface area contributed by atoms with E-state index in [0.717, 1.165) is 6.20 Å². The van der Waals surface area contributed by atoms with Crippen molar-refractivity contribution in [2.45, 2.75) is 19.5 Å². The number of nitrogen functional groups attached to an aromatic ring is 1. The zero-order valence-electron chi connectivity index (χ0n) is 11.5. The van der Waals surface area contributed by atoms with Crippen molar-refractivity contribution in [3.63, 3.8) is 0 Å². The van der Waals surface area contributed by atoms with E-state index in [1.807, 2.05) is 0 Å². The number of alkyl halides is 3. The number of rotatable bonds is 2. The van der Waals surface area contributed by atoms with Crippen molar-refractivity contribution >= 4 is 32.8 Å². The average molecular weight is 389 g/mol. The van der Waals surface area contributed by atoms with Gasteiger partial charge in [-0.25, -0.2) is 19.6 Å². The summed E-state index contributed by atoms with van der Waals surface area (Å²) in [4.78, 5) is 11.6. The van der Waals surface area contributed by atoms with Gasteiger partial charge in [0.25, 0.3) is 0 Å². The smallest absolute Gasteiger partial charge is 0.396 e. The predicted molar refractivity (Wildman–Crippen MR) is 76.3 cm³/mol. The van der Waals surface area contributed by atoms with Gasteiger partial charge in [0.2, 0.25) is 5.65 Å². The number of nitrogens with two attached hydrogens (primary N) is 1. The van der Waals surface area contributed by atoms with Crippen molar-refractivity contribution in [3.05, 3.63) is 33.4 Å². The minimum Gasteiger partial charge on any atom is -0.396 e. The van der Waals surface area contributed by atoms with Crippen LogP contribution in [-0.2, 0) is 12.6 Å². The molecule has 23 heavy (non-hydrogen) atoms. The highest BCUT2D eigenvalue weighted by molar-refractivity contribution is 9.10. The molecule has 0 bridgehead atoms. The van der Waals surface area contributed by atoms with E-state index >= 15 is 0 Å². The van der Waals surface area contributed by atoms with Gasteiger partial charge in [-0.1, -0.05) is 0 Å². The lowest BCUT2D eigenvalue weighted by Gasteiger charge is -2.11. The van der Waals surface area contributed by atoms with Gasteiger partial charge in [-0.15, -0.1) is 0 Å². The fraction of sp³-hybridized carbons (Fsp3) is 0.250. The first kappa shape index (κ1) is 15.6. The van der Waals surface area contributed by atoms with Crippen LogP contribution in [0.2, 0.25) is 0 Å². The first-order chi connectivity index (χ1) is 10.8. The van der Waals surface area contributed by atoms with Crippen molar-refractivity contribution in [3.8, 4) is 0 Å².